The first-order chi connectivity index (χ1) is 14.5. The minimum absolute atomic E-state index is 0.0858. The van der Waals surface area contributed by atoms with E-state index in [-0.39, 0.29) is 11.8 Å². The molecular formula is C22H31N5O2S. The van der Waals surface area contributed by atoms with Crippen molar-refractivity contribution in [2.75, 3.05) is 30.9 Å². The number of carbonyl (C=O) groups excluding carboxylic acids is 2. The molecule has 1 aliphatic rings. The zero-order valence-corrected chi connectivity index (χ0v) is 18.9. The van der Waals surface area contributed by atoms with Gasteiger partial charge in [-0.1, -0.05) is 37.5 Å². The van der Waals surface area contributed by atoms with Crippen molar-refractivity contribution in [2.45, 2.75) is 57.9 Å². The number of carbonyl (C=O) groups is 2. The maximum absolute atomic E-state index is 12.8. The number of nitrogens with zero attached hydrogens (tertiary/aromatic N) is 4. The molecule has 2 amide bonds. The Morgan fingerprint density at radius 2 is 1.93 bits per heavy atom. The summed E-state index contributed by atoms with van der Waals surface area (Å²) in [7, 11) is 3.99. The summed E-state index contributed by atoms with van der Waals surface area (Å²) >= 11 is 1.35. The van der Waals surface area contributed by atoms with Gasteiger partial charge in [-0.2, -0.15) is 0 Å². The number of rotatable bonds is 9. The average molecular weight is 430 g/mol. The maximum atomic E-state index is 12.8. The zero-order chi connectivity index (χ0) is 21.5. The van der Waals surface area contributed by atoms with Crippen molar-refractivity contribution in [3.8, 4) is 10.6 Å². The molecule has 0 spiro atoms. The quantitative estimate of drug-likeness (QED) is 0.605. The lowest BCUT2D eigenvalue weighted by atomic mass is 10.1. The van der Waals surface area contributed by atoms with Crippen LogP contribution in [0.1, 0.15) is 51.9 Å². The first-order valence-corrected chi connectivity index (χ1v) is 11.5. The molecule has 1 unspecified atom stereocenters. The van der Waals surface area contributed by atoms with Crippen molar-refractivity contribution < 1.29 is 9.59 Å². The fraction of sp³-hybridized carbons (Fsp3) is 0.545. The Kier molecular flexibility index (Phi) is 7.79. The van der Waals surface area contributed by atoms with Crippen LogP contribution >= 0.6 is 11.3 Å². The standard InChI is InChI=1S/C22H31N5O2S/c1-4-5-6-7-10-19(28)27-15-8-9-18(27)20(29)23-22-25-24-21(30-22)16-11-13-17(14-12-16)26(2)3/h11-14,18H,4-10,15H2,1-3H3,(H,23,25,29). The molecule has 2 aromatic rings. The molecule has 1 fully saturated rings. The first kappa shape index (κ1) is 22.2. The van der Waals surface area contributed by atoms with Gasteiger partial charge in [-0.25, -0.2) is 0 Å². The molecule has 8 heteroatoms. The van der Waals surface area contributed by atoms with E-state index in [2.05, 4.69) is 22.4 Å². The van der Waals surface area contributed by atoms with Gasteiger partial charge in [0, 0.05) is 38.3 Å². The number of benzene rings is 1. The van der Waals surface area contributed by atoms with Crippen molar-refractivity contribution in [1.29, 1.82) is 0 Å². The van der Waals surface area contributed by atoms with Gasteiger partial charge in [-0.15, -0.1) is 10.2 Å². The summed E-state index contributed by atoms with van der Waals surface area (Å²) in [4.78, 5) is 29.1. The average Bonchev–Trinajstić information content (AvgIpc) is 3.41. The van der Waals surface area contributed by atoms with Crippen molar-refractivity contribution in [3.63, 3.8) is 0 Å². The molecule has 0 bridgehead atoms. The van der Waals surface area contributed by atoms with Gasteiger partial charge in [-0.05, 0) is 43.5 Å². The predicted octanol–water partition coefficient (Wildman–Crippen LogP) is 4.17. The largest absolute Gasteiger partial charge is 0.378 e. The van der Waals surface area contributed by atoms with Gasteiger partial charge in [-0.3, -0.25) is 14.9 Å². The number of amides is 2. The van der Waals surface area contributed by atoms with Crippen molar-refractivity contribution in [1.82, 2.24) is 15.1 Å². The van der Waals surface area contributed by atoms with Crippen LogP contribution in [0.5, 0.6) is 0 Å². The third-order valence-corrected chi connectivity index (χ3v) is 6.29. The van der Waals surface area contributed by atoms with E-state index in [9.17, 15) is 9.59 Å². The van der Waals surface area contributed by atoms with Gasteiger partial charge in [0.2, 0.25) is 16.9 Å². The number of hydrogen-bond acceptors (Lipinski definition) is 6. The topological polar surface area (TPSA) is 78.4 Å². The minimum Gasteiger partial charge on any atom is -0.378 e. The highest BCUT2D eigenvalue weighted by Gasteiger charge is 2.34. The Morgan fingerprint density at radius 3 is 2.63 bits per heavy atom. The summed E-state index contributed by atoms with van der Waals surface area (Å²) in [6.07, 6.45) is 6.33. The Labute approximate surface area is 182 Å². The van der Waals surface area contributed by atoms with Crippen LogP contribution < -0.4 is 10.2 Å². The Hall–Kier alpha value is -2.48. The molecule has 3 rings (SSSR count). The van der Waals surface area contributed by atoms with Gasteiger partial charge in [0.25, 0.3) is 0 Å². The van der Waals surface area contributed by atoms with E-state index in [0.29, 0.717) is 24.5 Å². The SMILES string of the molecule is CCCCCCC(=O)N1CCCC1C(=O)Nc1nnc(-c2ccc(N(C)C)cc2)s1. The number of aromatic nitrogens is 2. The number of likely N-dealkylation sites (tertiary alicyclic amines) is 1. The van der Waals surface area contributed by atoms with Crippen LogP contribution in [-0.4, -0.2) is 53.6 Å². The molecule has 1 aliphatic heterocycles. The van der Waals surface area contributed by atoms with Gasteiger partial charge in [0.15, 0.2) is 0 Å². The molecule has 30 heavy (non-hydrogen) atoms. The molecule has 0 radical (unpaired) electrons. The van der Waals surface area contributed by atoms with Crippen LogP contribution in [0.25, 0.3) is 10.6 Å². The van der Waals surface area contributed by atoms with Gasteiger partial charge in [0.05, 0.1) is 0 Å². The number of hydrogen-bond donors (Lipinski definition) is 1. The lowest BCUT2D eigenvalue weighted by molar-refractivity contribution is -0.136. The molecular weight excluding hydrogens is 398 g/mol. The molecule has 2 heterocycles. The molecule has 1 aromatic heterocycles. The van der Waals surface area contributed by atoms with Gasteiger partial charge in [0.1, 0.15) is 11.0 Å². The highest BCUT2D eigenvalue weighted by Crippen LogP contribution is 2.28. The number of nitrogens with one attached hydrogen (secondary N) is 1. The molecule has 1 aromatic carbocycles. The molecule has 0 saturated carbocycles. The maximum Gasteiger partial charge on any atom is 0.249 e. The van der Waals surface area contributed by atoms with Crippen LogP contribution in [0.15, 0.2) is 24.3 Å². The van der Waals surface area contributed by atoms with Crippen LogP contribution in [-0.2, 0) is 9.59 Å². The summed E-state index contributed by atoms with van der Waals surface area (Å²) in [6.45, 7) is 2.81. The van der Waals surface area contributed by atoms with E-state index in [0.717, 1.165) is 48.4 Å². The number of anilines is 2. The lowest BCUT2D eigenvalue weighted by Crippen LogP contribution is -2.43. The second kappa shape index (κ2) is 10.5. The molecule has 1 N–H and O–H groups in total. The van der Waals surface area contributed by atoms with Crippen LogP contribution in [0, 0.1) is 0 Å². The molecule has 7 nitrogen and oxygen atoms in total. The molecule has 0 aliphatic carbocycles. The lowest BCUT2D eigenvalue weighted by Gasteiger charge is -2.23. The predicted molar refractivity (Wildman–Crippen MR) is 122 cm³/mol. The third kappa shape index (κ3) is 5.56. The minimum atomic E-state index is -0.407. The van der Waals surface area contributed by atoms with Crippen LogP contribution in [0.2, 0.25) is 0 Å². The monoisotopic (exact) mass is 429 g/mol. The van der Waals surface area contributed by atoms with E-state index in [1.54, 1.807) is 4.90 Å². The van der Waals surface area contributed by atoms with E-state index >= 15 is 0 Å². The molecule has 162 valence electrons. The Bertz CT molecular complexity index is 849. The van der Waals surface area contributed by atoms with Gasteiger partial charge >= 0.3 is 0 Å². The van der Waals surface area contributed by atoms with Crippen LogP contribution in [0.4, 0.5) is 10.8 Å². The third-order valence-electron chi connectivity index (χ3n) is 5.41. The Morgan fingerprint density at radius 1 is 1.17 bits per heavy atom. The summed E-state index contributed by atoms with van der Waals surface area (Å²) in [5.74, 6) is -0.0808. The molecule has 1 atom stereocenters. The van der Waals surface area contributed by atoms with Crippen molar-refractivity contribution in [2.24, 2.45) is 0 Å². The van der Waals surface area contributed by atoms with E-state index in [1.165, 1.54) is 11.3 Å². The summed E-state index contributed by atoms with van der Waals surface area (Å²) < 4.78 is 0. The fourth-order valence-electron chi connectivity index (χ4n) is 3.67. The van der Waals surface area contributed by atoms with Crippen molar-refractivity contribution >= 4 is 34.0 Å². The second-order valence-electron chi connectivity index (χ2n) is 7.90. The Balaban J connectivity index is 1.58. The van der Waals surface area contributed by atoms with Crippen LogP contribution in [0.3, 0.4) is 0 Å². The van der Waals surface area contributed by atoms with E-state index in [4.69, 9.17) is 0 Å². The molecule has 1 saturated heterocycles. The van der Waals surface area contributed by atoms with Crippen molar-refractivity contribution in [3.05, 3.63) is 24.3 Å². The summed E-state index contributed by atoms with van der Waals surface area (Å²) in [6, 6.07) is 7.64. The highest BCUT2D eigenvalue weighted by molar-refractivity contribution is 7.18. The first-order valence-electron chi connectivity index (χ1n) is 10.7. The number of unbranched alkanes of at least 4 members (excludes halogenated alkanes) is 3. The second-order valence-corrected chi connectivity index (χ2v) is 8.88. The van der Waals surface area contributed by atoms with E-state index in [1.807, 2.05) is 43.3 Å². The van der Waals surface area contributed by atoms with Gasteiger partial charge < -0.3 is 9.80 Å². The highest BCUT2D eigenvalue weighted by atomic mass is 32.1. The fourth-order valence-corrected chi connectivity index (χ4v) is 4.42. The summed E-state index contributed by atoms with van der Waals surface area (Å²) in [5.41, 5.74) is 2.07. The van der Waals surface area contributed by atoms with E-state index < -0.39 is 6.04 Å². The smallest absolute Gasteiger partial charge is 0.249 e. The summed E-state index contributed by atoms with van der Waals surface area (Å²) in [5, 5.41) is 12.4. The normalized spacial score (nSPS) is 16.0. The zero-order valence-electron chi connectivity index (χ0n) is 18.1.